The van der Waals surface area contributed by atoms with Gasteiger partial charge >= 0.3 is 12.4 Å². The molecule has 2 saturated heterocycles. The monoisotopic (exact) mass is 612 g/mol. The molecule has 13 heteroatoms. The summed E-state index contributed by atoms with van der Waals surface area (Å²) in [4.78, 5) is 22.8. The Labute approximate surface area is 245 Å². The summed E-state index contributed by atoms with van der Waals surface area (Å²) in [5, 5.41) is 0.946. The van der Waals surface area contributed by atoms with Crippen molar-refractivity contribution in [1.29, 1.82) is 0 Å². The summed E-state index contributed by atoms with van der Waals surface area (Å²) in [6.45, 7) is 4.87. The first-order chi connectivity index (χ1) is 20.4. The number of benzene rings is 2. The van der Waals surface area contributed by atoms with Crippen molar-refractivity contribution < 1.29 is 40.6 Å². The number of hydrogen-bond acceptors (Lipinski definition) is 5. The fourth-order valence-electron chi connectivity index (χ4n) is 5.96. The summed E-state index contributed by atoms with van der Waals surface area (Å²) < 4.78 is 92.3. The molecule has 0 saturated carbocycles. The molecule has 1 amide bonds. The average Bonchev–Trinajstić information content (AvgIpc) is 3.38. The van der Waals surface area contributed by atoms with E-state index in [0.29, 0.717) is 58.0 Å². The van der Waals surface area contributed by atoms with Crippen molar-refractivity contribution >= 4 is 16.8 Å². The first-order valence-electron chi connectivity index (χ1n) is 14.1. The van der Waals surface area contributed by atoms with Crippen LogP contribution >= 0.6 is 0 Å². The Hall–Kier alpha value is -3.13. The zero-order valence-corrected chi connectivity index (χ0v) is 23.7. The van der Waals surface area contributed by atoms with Crippen molar-refractivity contribution in [2.75, 3.05) is 66.2 Å². The van der Waals surface area contributed by atoms with E-state index in [2.05, 4.69) is 14.8 Å². The summed E-state index contributed by atoms with van der Waals surface area (Å²) >= 11 is 0. The van der Waals surface area contributed by atoms with Gasteiger partial charge in [-0.25, -0.2) is 0 Å². The second-order valence-corrected chi connectivity index (χ2v) is 11.0. The standard InChI is InChI=1S/C30H34F6N4O3/c1-42-18-25-19-43-11-10-39(25)8-6-38-7-9-40(24(17-38)14-21-16-37-27-5-3-2-4-26(21)27)28(41)20-12-22(29(31,32)33)15-23(13-20)30(34,35)36/h2-5,12-13,15-16,24-25,37H,6-11,14,17-19H2,1H3/t24-,25-/m1/s1. The van der Waals surface area contributed by atoms with Crippen molar-refractivity contribution in [3.63, 3.8) is 0 Å². The van der Waals surface area contributed by atoms with E-state index in [-0.39, 0.29) is 18.7 Å². The normalized spacial score (nSPS) is 21.0. The molecule has 5 rings (SSSR count). The fourth-order valence-corrected chi connectivity index (χ4v) is 5.96. The average molecular weight is 613 g/mol. The van der Waals surface area contributed by atoms with Gasteiger partial charge in [-0.1, -0.05) is 18.2 Å². The number of carbonyl (C=O) groups is 1. The van der Waals surface area contributed by atoms with E-state index in [1.807, 2.05) is 30.5 Å². The molecular formula is C30H34F6N4O3. The first-order valence-corrected chi connectivity index (χ1v) is 14.1. The number of hydrogen-bond donors (Lipinski definition) is 1. The largest absolute Gasteiger partial charge is 0.416 e. The number of aromatic amines is 1. The van der Waals surface area contributed by atoms with Crippen molar-refractivity contribution in [3.8, 4) is 0 Å². The molecule has 0 spiro atoms. The predicted molar refractivity (Wildman–Crippen MR) is 148 cm³/mol. The second-order valence-electron chi connectivity index (χ2n) is 11.0. The van der Waals surface area contributed by atoms with E-state index in [9.17, 15) is 31.1 Å². The highest BCUT2D eigenvalue weighted by atomic mass is 19.4. The quantitative estimate of drug-likeness (QED) is 0.366. The van der Waals surface area contributed by atoms with Gasteiger partial charge in [0.05, 0.1) is 37.0 Å². The van der Waals surface area contributed by atoms with Crippen LogP contribution in [0.1, 0.15) is 27.0 Å². The van der Waals surface area contributed by atoms with Crippen LogP contribution in [0.15, 0.2) is 48.7 Å². The molecule has 2 aliphatic rings. The van der Waals surface area contributed by atoms with E-state index >= 15 is 0 Å². The van der Waals surface area contributed by atoms with Crippen LogP contribution in [0.25, 0.3) is 10.9 Å². The molecule has 0 unspecified atom stereocenters. The summed E-state index contributed by atoms with van der Waals surface area (Å²) in [7, 11) is 1.64. The number of aromatic nitrogens is 1. The van der Waals surface area contributed by atoms with Crippen LogP contribution in [-0.2, 0) is 28.2 Å². The van der Waals surface area contributed by atoms with Crippen LogP contribution in [0.4, 0.5) is 26.3 Å². The number of morpholine rings is 1. The molecule has 43 heavy (non-hydrogen) atoms. The van der Waals surface area contributed by atoms with Gasteiger partial charge < -0.3 is 19.4 Å². The van der Waals surface area contributed by atoms with E-state index in [4.69, 9.17) is 9.47 Å². The molecule has 7 nitrogen and oxygen atoms in total. The zero-order valence-electron chi connectivity index (χ0n) is 23.7. The number of ether oxygens (including phenoxy) is 2. The molecule has 0 aliphatic carbocycles. The first kappa shape index (κ1) is 31.3. The van der Waals surface area contributed by atoms with Crippen molar-refractivity contribution in [3.05, 3.63) is 70.9 Å². The summed E-state index contributed by atoms with van der Waals surface area (Å²) in [5.41, 5.74) is -1.83. The van der Waals surface area contributed by atoms with Crippen molar-refractivity contribution in [1.82, 2.24) is 19.7 Å². The van der Waals surface area contributed by atoms with Gasteiger partial charge in [-0.3, -0.25) is 14.6 Å². The highest BCUT2D eigenvalue weighted by Gasteiger charge is 2.39. The topological polar surface area (TPSA) is 61.0 Å². The highest BCUT2D eigenvalue weighted by molar-refractivity contribution is 5.95. The molecule has 2 aliphatic heterocycles. The molecule has 2 aromatic carbocycles. The van der Waals surface area contributed by atoms with Gasteiger partial charge in [0.1, 0.15) is 0 Å². The van der Waals surface area contributed by atoms with Crippen LogP contribution in [0.3, 0.4) is 0 Å². The van der Waals surface area contributed by atoms with E-state index in [1.165, 1.54) is 4.90 Å². The molecule has 2 fully saturated rings. The number of fused-ring (bicyclic) bond motifs is 1. The number of halogens is 6. The van der Waals surface area contributed by atoms with Crippen LogP contribution < -0.4 is 0 Å². The molecule has 1 aromatic heterocycles. The third kappa shape index (κ3) is 7.34. The predicted octanol–water partition coefficient (Wildman–Crippen LogP) is 4.92. The minimum Gasteiger partial charge on any atom is -0.383 e. The molecule has 1 N–H and O–H groups in total. The Morgan fingerprint density at radius 3 is 2.40 bits per heavy atom. The lowest BCUT2D eigenvalue weighted by atomic mass is 9.98. The van der Waals surface area contributed by atoms with E-state index in [1.54, 1.807) is 7.11 Å². The number of carbonyl (C=O) groups excluding carboxylic acids is 1. The van der Waals surface area contributed by atoms with Gasteiger partial charge in [-0.2, -0.15) is 26.3 Å². The SMILES string of the molecule is COC[C@@H]1COCCN1CCN1CCN(C(=O)c2cc(C(F)(F)F)cc(C(F)(F)F)c2)[C@H](Cc2c[nH]c3ccccc23)C1. The maximum atomic E-state index is 13.7. The van der Waals surface area contributed by atoms with E-state index in [0.717, 1.165) is 29.6 Å². The Balaban J connectivity index is 1.40. The maximum absolute atomic E-state index is 13.7. The second kappa shape index (κ2) is 12.8. The number of H-pyrrole nitrogens is 1. The van der Waals surface area contributed by atoms with Crippen LogP contribution in [0.5, 0.6) is 0 Å². The molecule has 234 valence electrons. The Bertz CT molecular complexity index is 1370. The Morgan fingerprint density at radius 1 is 0.977 bits per heavy atom. The number of nitrogens with zero attached hydrogens (tertiary/aromatic N) is 3. The number of nitrogens with one attached hydrogen (secondary N) is 1. The van der Waals surface area contributed by atoms with E-state index < -0.39 is 41.0 Å². The third-order valence-corrected chi connectivity index (χ3v) is 8.20. The Morgan fingerprint density at radius 2 is 1.70 bits per heavy atom. The van der Waals surface area contributed by atoms with Crippen LogP contribution in [-0.4, -0.2) is 104 Å². The molecule has 0 radical (unpaired) electrons. The number of rotatable bonds is 8. The Kier molecular flexibility index (Phi) is 9.35. The molecule has 0 bridgehead atoms. The molecular weight excluding hydrogens is 578 g/mol. The minimum atomic E-state index is -5.04. The van der Waals surface area contributed by atoms with Gasteiger partial charge in [-0.05, 0) is 36.2 Å². The molecule has 2 atom stereocenters. The number of para-hydroxylation sites is 1. The minimum absolute atomic E-state index is 0.0423. The highest BCUT2D eigenvalue weighted by Crippen LogP contribution is 2.37. The lowest BCUT2D eigenvalue weighted by Crippen LogP contribution is -2.58. The molecule has 3 heterocycles. The van der Waals surface area contributed by atoms with Crippen LogP contribution in [0.2, 0.25) is 0 Å². The molecule has 3 aromatic rings. The van der Waals surface area contributed by atoms with Crippen molar-refractivity contribution in [2.45, 2.75) is 30.9 Å². The summed E-state index contributed by atoms with van der Waals surface area (Å²) in [5.74, 6) is -0.852. The summed E-state index contributed by atoms with van der Waals surface area (Å²) in [6.07, 6.45) is -7.88. The van der Waals surface area contributed by atoms with Crippen LogP contribution in [0, 0.1) is 0 Å². The van der Waals surface area contributed by atoms with Gasteiger partial charge in [-0.15, -0.1) is 0 Å². The third-order valence-electron chi connectivity index (χ3n) is 8.20. The lowest BCUT2D eigenvalue weighted by Gasteiger charge is -2.43. The lowest BCUT2D eigenvalue weighted by molar-refractivity contribution is -0.143. The number of piperazine rings is 1. The number of methoxy groups -OCH3 is 1. The van der Waals surface area contributed by atoms with Gasteiger partial charge in [0.2, 0.25) is 0 Å². The van der Waals surface area contributed by atoms with Crippen molar-refractivity contribution in [2.24, 2.45) is 0 Å². The van der Waals surface area contributed by atoms with Gasteiger partial charge in [0, 0.05) is 75.1 Å². The number of alkyl halides is 6. The summed E-state index contributed by atoms with van der Waals surface area (Å²) in [6, 6.07) is 8.32. The number of amides is 1. The zero-order chi connectivity index (χ0) is 30.8. The van der Waals surface area contributed by atoms with Gasteiger partial charge in [0.15, 0.2) is 0 Å². The maximum Gasteiger partial charge on any atom is 0.416 e. The fraction of sp³-hybridized carbons (Fsp3) is 0.500. The van der Waals surface area contributed by atoms with Gasteiger partial charge in [0.25, 0.3) is 5.91 Å². The smallest absolute Gasteiger partial charge is 0.383 e.